The molecule has 16 heavy (non-hydrogen) atoms. The molecule has 0 aromatic heterocycles. The summed E-state index contributed by atoms with van der Waals surface area (Å²) in [6.07, 6.45) is 0. The van der Waals surface area contributed by atoms with E-state index in [-0.39, 0.29) is 10.6 Å². The lowest BCUT2D eigenvalue weighted by molar-refractivity contribution is 0.404. The average molecular weight is 244 g/mol. The SMILES string of the molecule is CNS(=O)(=O)c1cc(C)c(C)c(N)c1OC. The summed E-state index contributed by atoms with van der Waals surface area (Å²) in [7, 11) is -0.812. The van der Waals surface area contributed by atoms with Crippen molar-refractivity contribution in [3.8, 4) is 5.75 Å². The highest BCUT2D eigenvalue weighted by atomic mass is 32.2. The van der Waals surface area contributed by atoms with Crippen molar-refractivity contribution >= 4 is 15.7 Å². The summed E-state index contributed by atoms with van der Waals surface area (Å²) in [5.41, 5.74) is 7.82. The van der Waals surface area contributed by atoms with Gasteiger partial charge in [-0.15, -0.1) is 0 Å². The molecule has 0 atom stereocenters. The van der Waals surface area contributed by atoms with Crippen molar-refractivity contribution in [3.63, 3.8) is 0 Å². The van der Waals surface area contributed by atoms with Crippen molar-refractivity contribution in [2.45, 2.75) is 18.7 Å². The number of sulfonamides is 1. The third-order valence-corrected chi connectivity index (χ3v) is 3.99. The Kier molecular flexibility index (Phi) is 3.44. The molecular weight excluding hydrogens is 228 g/mol. The van der Waals surface area contributed by atoms with Crippen LogP contribution in [0.15, 0.2) is 11.0 Å². The van der Waals surface area contributed by atoms with Crippen LogP contribution >= 0.6 is 0 Å². The zero-order chi connectivity index (χ0) is 12.5. The average Bonchev–Trinajstić information content (AvgIpc) is 2.25. The van der Waals surface area contributed by atoms with Gasteiger partial charge in [0.2, 0.25) is 10.0 Å². The first-order valence-corrected chi connectivity index (χ1v) is 6.20. The number of benzene rings is 1. The molecule has 3 N–H and O–H groups in total. The maximum absolute atomic E-state index is 11.7. The van der Waals surface area contributed by atoms with Crippen LogP contribution in [-0.4, -0.2) is 22.6 Å². The summed E-state index contributed by atoms with van der Waals surface area (Å²) < 4.78 is 30.8. The Morgan fingerprint density at radius 2 is 1.94 bits per heavy atom. The van der Waals surface area contributed by atoms with Crippen LogP contribution in [0.3, 0.4) is 0 Å². The molecule has 0 amide bonds. The van der Waals surface area contributed by atoms with Gasteiger partial charge in [-0.1, -0.05) is 0 Å². The molecule has 1 aromatic carbocycles. The number of ether oxygens (including phenoxy) is 1. The Labute approximate surface area is 95.7 Å². The summed E-state index contributed by atoms with van der Waals surface area (Å²) in [6.45, 7) is 3.63. The number of anilines is 1. The molecule has 0 saturated heterocycles. The van der Waals surface area contributed by atoms with Crippen LogP contribution in [0.1, 0.15) is 11.1 Å². The van der Waals surface area contributed by atoms with Gasteiger partial charge in [-0.2, -0.15) is 0 Å². The Hall–Kier alpha value is -1.27. The minimum absolute atomic E-state index is 0.0677. The molecule has 0 saturated carbocycles. The van der Waals surface area contributed by atoms with E-state index in [2.05, 4.69) is 4.72 Å². The monoisotopic (exact) mass is 244 g/mol. The van der Waals surface area contributed by atoms with E-state index in [0.29, 0.717) is 5.69 Å². The molecule has 0 aliphatic rings. The van der Waals surface area contributed by atoms with E-state index >= 15 is 0 Å². The number of nitrogens with one attached hydrogen (secondary N) is 1. The molecule has 5 nitrogen and oxygen atoms in total. The number of aryl methyl sites for hydroxylation is 1. The summed E-state index contributed by atoms with van der Waals surface area (Å²) in [5.74, 6) is 0.192. The van der Waals surface area contributed by atoms with Crippen LogP contribution in [-0.2, 0) is 10.0 Å². The molecule has 0 aliphatic carbocycles. The summed E-state index contributed by atoms with van der Waals surface area (Å²) in [5, 5.41) is 0. The topological polar surface area (TPSA) is 81.4 Å². The van der Waals surface area contributed by atoms with E-state index in [4.69, 9.17) is 10.5 Å². The molecule has 0 unspecified atom stereocenters. The molecule has 0 bridgehead atoms. The maximum Gasteiger partial charge on any atom is 0.244 e. The zero-order valence-corrected chi connectivity index (χ0v) is 10.6. The van der Waals surface area contributed by atoms with Gasteiger partial charge in [0.25, 0.3) is 0 Å². The Morgan fingerprint density at radius 3 is 2.38 bits per heavy atom. The van der Waals surface area contributed by atoms with E-state index in [0.717, 1.165) is 11.1 Å². The number of nitrogens with two attached hydrogens (primary N) is 1. The van der Waals surface area contributed by atoms with Gasteiger partial charge in [-0.05, 0) is 38.1 Å². The molecule has 6 heteroatoms. The van der Waals surface area contributed by atoms with Crippen molar-refractivity contribution in [1.82, 2.24) is 4.72 Å². The Morgan fingerprint density at radius 1 is 1.38 bits per heavy atom. The van der Waals surface area contributed by atoms with E-state index in [1.54, 1.807) is 13.0 Å². The number of hydrogen-bond acceptors (Lipinski definition) is 4. The predicted molar refractivity (Wildman–Crippen MR) is 63.1 cm³/mol. The van der Waals surface area contributed by atoms with Crippen LogP contribution in [0, 0.1) is 13.8 Å². The lowest BCUT2D eigenvalue weighted by atomic mass is 10.1. The van der Waals surface area contributed by atoms with Crippen LogP contribution in [0.5, 0.6) is 5.75 Å². The highest BCUT2D eigenvalue weighted by molar-refractivity contribution is 7.89. The Bertz CT molecular complexity index is 509. The normalized spacial score (nSPS) is 11.5. The zero-order valence-electron chi connectivity index (χ0n) is 9.79. The highest BCUT2D eigenvalue weighted by Crippen LogP contribution is 2.34. The van der Waals surface area contributed by atoms with Gasteiger partial charge in [0.1, 0.15) is 4.90 Å². The number of methoxy groups -OCH3 is 1. The van der Waals surface area contributed by atoms with Crippen molar-refractivity contribution in [3.05, 3.63) is 17.2 Å². The van der Waals surface area contributed by atoms with Crippen molar-refractivity contribution in [2.75, 3.05) is 19.9 Å². The summed E-state index contributed by atoms with van der Waals surface area (Å²) in [4.78, 5) is 0.0677. The lowest BCUT2D eigenvalue weighted by Gasteiger charge is -2.15. The van der Waals surface area contributed by atoms with Crippen molar-refractivity contribution < 1.29 is 13.2 Å². The van der Waals surface area contributed by atoms with Crippen molar-refractivity contribution in [2.24, 2.45) is 0 Å². The first-order chi connectivity index (χ1) is 7.35. The van der Waals surface area contributed by atoms with Gasteiger partial charge in [-0.3, -0.25) is 0 Å². The molecule has 0 heterocycles. The van der Waals surface area contributed by atoms with Crippen LogP contribution in [0.25, 0.3) is 0 Å². The van der Waals surface area contributed by atoms with Crippen molar-refractivity contribution in [1.29, 1.82) is 0 Å². The molecule has 90 valence electrons. The number of hydrogen-bond donors (Lipinski definition) is 2. The standard InChI is InChI=1S/C10H16N2O3S/c1-6-5-8(16(13,14)12-3)10(15-4)9(11)7(6)2/h5,12H,11H2,1-4H3. The van der Waals surface area contributed by atoms with E-state index < -0.39 is 10.0 Å². The van der Waals surface area contributed by atoms with Gasteiger partial charge in [0.15, 0.2) is 5.75 Å². The molecule has 1 aromatic rings. The summed E-state index contributed by atoms with van der Waals surface area (Å²) >= 11 is 0. The fourth-order valence-corrected chi connectivity index (χ4v) is 2.40. The lowest BCUT2D eigenvalue weighted by Crippen LogP contribution is -2.20. The summed E-state index contributed by atoms with van der Waals surface area (Å²) in [6, 6.07) is 1.55. The van der Waals surface area contributed by atoms with Gasteiger partial charge in [-0.25, -0.2) is 13.1 Å². The van der Waals surface area contributed by atoms with Gasteiger partial charge in [0.05, 0.1) is 12.8 Å². The van der Waals surface area contributed by atoms with Crippen LogP contribution < -0.4 is 15.2 Å². The second-order valence-corrected chi connectivity index (χ2v) is 5.33. The predicted octanol–water partition coefficient (Wildman–Crippen LogP) is 0.802. The molecule has 0 aliphatic heterocycles. The second-order valence-electron chi connectivity index (χ2n) is 3.47. The first kappa shape index (κ1) is 12.8. The third kappa shape index (κ3) is 1.98. The largest absolute Gasteiger partial charge is 0.493 e. The molecular formula is C10H16N2O3S. The molecule has 0 spiro atoms. The molecule has 1 rings (SSSR count). The van der Waals surface area contributed by atoms with Crippen LogP contribution in [0.2, 0.25) is 0 Å². The molecule has 0 radical (unpaired) electrons. The van der Waals surface area contributed by atoms with E-state index in [9.17, 15) is 8.42 Å². The van der Waals surface area contributed by atoms with E-state index in [1.165, 1.54) is 14.2 Å². The fraction of sp³-hybridized carbons (Fsp3) is 0.400. The number of nitrogen functional groups attached to an aromatic ring is 1. The van der Waals surface area contributed by atoms with Gasteiger partial charge < -0.3 is 10.5 Å². The highest BCUT2D eigenvalue weighted by Gasteiger charge is 2.21. The maximum atomic E-state index is 11.7. The van der Waals surface area contributed by atoms with E-state index in [1.807, 2.05) is 6.92 Å². The fourth-order valence-electron chi connectivity index (χ4n) is 1.41. The quantitative estimate of drug-likeness (QED) is 0.771. The number of rotatable bonds is 3. The molecule has 0 fully saturated rings. The minimum atomic E-state index is -3.56. The smallest absolute Gasteiger partial charge is 0.244 e. The second kappa shape index (κ2) is 4.31. The third-order valence-electron chi connectivity index (χ3n) is 2.57. The van der Waals surface area contributed by atoms with Gasteiger partial charge >= 0.3 is 0 Å². The first-order valence-electron chi connectivity index (χ1n) is 4.72. The van der Waals surface area contributed by atoms with Crippen LogP contribution in [0.4, 0.5) is 5.69 Å². The van der Waals surface area contributed by atoms with Gasteiger partial charge in [0, 0.05) is 0 Å². The minimum Gasteiger partial charge on any atom is -0.493 e. The Balaban J connectivity index is 3.65.